The smallest absolute Gasteiger partial charge is 0.303 e. The lowest BCUT2D eigenvalue weighted by atomic mass is 10.0. The van der Waals surface area contributed by atoms with Gasteiger partial charge < -0.3 is 18.9 Å². The van der Waals surface area contributed by atoms with E-state index in [1.807, 2.05) is 36.4 Å². The molecule has 1 unspecified atom stereocenters. The van der Waals surface area contributed by atoms with E-state index >= 15 is 0 Å². The van der Waals surface area contributed by atoms with E-state index in [4.69, 9.17) is 18.9 Å². The lowest BCUT2D eigenvalue weighted by molar-refractivity contribution is -0.146. The maximum Gasteiger partial charge on any atom is 0.303 e. The van der Waals surface area contributed by atoms with Crippen LogP contribution < -0.4 is 14.2 Å². The first kappa shape index (κ1) is 17.7. The van der Waals surface area contributed by atoms with Gasteiger partial charge in [0.25, 0.3) is 0 Å². The van der Waals surface area contributed by atoms with Crippen LogP contribution in [0.1, 0.15) is 24.2 Å². The summed E-state index contributed by atoms with van der Waals surface area (Å²) < 4.78 is 21.3. The van der Waals surface area contributed by atoms with Crippen LogP contribution in [-0.4, -0.2) is 27.3 Å². The van der Waals surface area contributed by atoms with Crippen molar-refractivity contribution in [2.75, 3.05) is 21.3 Å². The van der Waals surface area contributed by atoms with E-state index in [9.17, 15) is 4.79 Å². The summed E-state index contributed by atoms with van der Waals surface area (Å²) in [5, 5.41) is 0. The van der Waals surface area contributed by atoms with Crippen LogP contribution >= 0.6 is 0 Å². The molecule has 0 fully saturated rings. The molecule has 1 atom stereocenters. The molecule has 0 saturated heterocycles. The summed E-state index contributed by atoms with van der Waals surface area (Å²) in [5.41, 5.74) is 1.85. The van der Waals surface area contributed by atoms with Crippen molar-refractivity contribution in [2.45, 2.75) is 19.4 Å². The zero-order valence-corrected chi connectivity index (χ0v) is 14.4. The number of rotatable bonds is 7. The highest BCUT2D eigenvalue weighted by Gasteiger charge is 2.18. The van der Waals surface area contributed by atoms with Crippen LogP contribution in [0.2, 0.25) is 0 Å². The number of ether oxygens (including phenoxy) is 4. The molecule has 0 N–H and O–H groups in total. The lowest BCUT2D eigenvalue weighted by Gasteiger charge is -2.19. The number of benzene rings is 2. The van der Waals surface area contributed by atoms with Crippen LogP contribution in [0.3, 0.4) is 0 Å². The first-order chi connectivity index (χ1) is 11.5. The third-order valence-electron chi connectivity index (χ3n) is 3.63. The molecule has 0 amide bonds. The van der Waals surface area contributed by atoms with Crippen LogP contribution in [0, 0.1) is 0 Å². The minimum atomic E-state index is -0.431. The van der Waals surface area contributed by atoms with Gasteiger partial charge in [-0.05, 0) is 29.8 Å². The molecule has 5 heteroatoms. The Bertz CT molecular complexity index is 656. The summed E-state index contributed by atoms with van der Waals surface area (Å²) in [7, 11) is 4.80. The fourth-order valence-electron chi connectivity index (χ4n) is 2.42. The Morgan fingerprint density at radius 2 is 1.42 bits per heavy atom. The summed E-state index contributed by atoms with van der Waals surface area (Å²) in [6, 6.07) is 13.1. The first-order valence-electron chi connectivity index (χ1n) is 7.58. The topological polar surface area (TPSA) is 54.0 Å². The fraction of sp³-hybridized carbons (Fsp3) is 0.316. The van der Waals surface area contributed by atoms with Gasteiger partial charge in [-0.2, -0.15) is 0 Å². The molecule has 0 aliphatic rings. The minimum Gasteiger partial charge on any atom is -0.497 e. The van der Waals surface area contributed by atoms with Crippen LogP contribution in [0.4, 0.5) is 0 Å². The second-order valence-corrected chi connectivity index (χ2v) is 5.30. The molecule has 0 aliphatic carbocycles. The van der Waals surface area contributed by atoms with Crippen molar-refractivity contribution < 1.29 is 23.7 Å². The Morgan fingerprint density at radius 1 is 0.875 bits per heavy atom. The summed E-state index contributed by atoms with van der Waals surface area (Å²) in [6.07, 6.45) is 0.111. The Labute approximate surface area is 142 Å². The Hall–Kier alpha value is -2.69. The van der Waals surface area contributed by atoms with Gasteiger partial charge >= 0.3 is 5.97 Å². The third-order valence-corrected chi connectivity index (χ3v) is 3.63. The predicted molar refractivity (Wildman–Crippen MR) is 90.8 cm³/mol. The summed E-state index contributed by atoms with van der Waals surface area (Å²) >= 11 is 0. The van der Waals surface area contributed by atoms with Gasteiger partial charge in [-0.25, -0.2) is 0 Å². The van der Waals surface area contributed by atoms with Crippen molar-refractivity contribution in [1.82, 2.24) is 0 Å². The van der Waals surface area contributed by atoms with Gasteiger partial charge in [0.15, 0.2) is 0 Å². The normalized spacial score (nSPS) is 11.5. The van der Waals surface area contributed by atoms with Gasteiger partial charge in [0, 0.05) is 25.0 Å². The van der Waals surface area contributed by atoms with Gasteiger partial charge in [0.05, 0.1) is 21.3 Å². The molecule has 128 valence electrons. The standard InChI is InChI=1S/C19H22O5/c1-13(20)24-19(9-14-5-7-16(21-2)8-6-14)15-10-17(22-3)12-18(11-15)23-4/h5-8,10-12,19H,9H2,1-4H3. The van der Waals surface area contributed by atoms with E-state index < -0.39 is 6.10 Å². The van der Waals surface area contributed by atoms with Crippen LogP contribution in [0.25, 0.3) is 0 Å². The van der Waals surface area contributed by atoms with Crippen LogP contribution in [0.5, 0.6) is 17.2 Å². The molecular formula is C19H22O5. The SMILES string of the molecule is COc1ccc(CC(OC(C)=O)c2cc(OC)cc(OC)c2)cc1. The number of hydrogen-bond donors (Lipinski definition) is 0. The van der Waals surface area contributed by atoms with Crippen molar-refractivity contribution in [3.05, 3.63) is 53.6 Å². The Kier molecular flexibility index (Phi) is 6.07. The van der Waals surface area contributed by atoms with Crippen molar-refractivity contribution in [1.29, 1.82) is 0 Å². The third kappa shape index (κ3) is 4.65. The zero-order chi connectivity index (χ0) is 17.5. The maximum atomic E-state index is 11.5. The highest BCUT2D eigenvalue weighted by Crippen LogP contribution is 2.30. The number of methoxy groups -OCH3 is 3. The molecule has 0 heterocycles. The number of hydrogen-bond acceptors (Lipinski definition) is 5. The van der Waals surface area contributed by atoms with E-state index in [-0.39, 0.29) is 5.97 Å². The Morgan fingerprint density at radius 3 is 1.88 bits per heavy atom. The second kappa shape index (κ2) is 8.24. The average Bonchev–Trinajstić information content (AvgIpc) is 2.60. The van der Waals surface area contributed by atoms with Crippen molar-refractivity contribution in [2.24, 2.45) is 0 Å². The van der Waals surface area contributed by atoms with Gasteiger partial charge in [-0.15, -0.1) is 0 Å². The molecule has 0 bridgehead atoms. The molecule has 24 heavy (non-hydrogen) atoms. The highest BCUT2D eigenvalue weighted by atomic mass is 16.5. The lowest BCUT2D eigenvalue weighted by Crippen LogP contribution is -2.12. The van der Waals surface area contributed by atoms with Gasteiger partial charge in [0.2, 0.25) is 0 Å². The van der Waals surface area contributed by atoms with Crippen LogP contribution in [0.15, 0.2) is 42.5 Å². The minimum absolute atomic E-state index is 0.338. The van der Waals surface area contributed by atoms with Crippen LogP contribution in [-0.2, 0) is 16.0 Å². The number of carbonyl (C=O) groups excluding carboxylic acids is 1. The molecule has 2 rings (SSSR count). The van der Waals surface area contributed by atoms with E-state index in [1.54, 1.807) is 27.4 Å². The predicted octanol–water partition coefficient (Wildman–Crippen LogP) is 3.56. The van der Waals surface area contributed by atoms with E-state index in [1.165, 1.54) is 6.92 Å². The van der Waals surface area contributed by atoms with Crippen molar-refractivity contribution in [3.8, 4) is 17.2 Å². The second-order valence-electron chi connectivity index (χ2n) is 5.30. The first-order valence-corrected chi connectivity index (χ1v) is 7.58. The molecule has 0 aromatic heterocycles. The molecule has 0 radical (unpaired) electrons. The monoisotopic (exact) mass is 330 g/mol. The maximum absolute atomic E-state index is 11.5. The number of carbonyl (C=O) groups is 1. The molecule has 0 saturated carbocycles. The molecule has 2 aromatic carbocycles. The average molecular weight is 330 g/mol. The molecule has 0 aliphatic heterocycles. The van der Waals surface area contributed by atoms with E-state index in [0.29, 0.717) is 17.9 Å². The summed E-state index contributed by atoms with van der Waals surface area (Å²) in [5.74, 6) is 1.74. The number of esters is 1. The van der Waals surface area contributed by atoms with Gasteiger partial charge in [0.1, 0.15) is 23.4 Å². The molecular weight excluding hydrogens is 308 g/mol. The Balaban J connectivity index is 2.31. The zero-order valence-electron chi connectivity index (χ0n) is 14.4. The quantitative estimate of drug-likeness (QED) is 0.727. The van der Waals surface area contributed by atoms with Gasteiger partial charge in [-0.1, -0.05) is 12.1 Å². The molecule has 5 nitrogen and oxygen atoms in total. The fourth-order valence-corrected chi connectivity index (χ4v) is 2.42. The van der Waals surface area contributed by atoms with Gasteiger partial charge in [-0.3, -0.25) is 4.79 Å². The largest absolute Gasteiger partial charge is 0.497 e. The van der Waals surface area contributed by atoms with Crippen molar-refractivity contribution >= 4 is 5.97 Å². The summed E-state index contributed by atoms with van der Waals surface area (Å²) in [6.45, 7) is 1.40. The van der Waals surface area contributed by atoms with E-state index in [0.717, 1.165) is 16.9 Å². The highest BCUT2D eigenvalue weighted by molar-refractivity contribution is 5.66. The summed E-state index contributed by atoms with van der Waals surface area (Å²) in [4.78, 5) is 11.5. The van der Waals surface area contributed by atoms with E-state index in [2.05, 4.69) is 0 Å². The van der Waals surface area contributed by atoms with Crippen molar-refractivity contribution in [3.63, 3.8) is 0 Å². The molecule has 2 aromatic rings. The molecule has 0 spiro atoms.